The molecule has 6 aliphatic rings. The van der Waals surface area contributed by atoms with Crippen LogP contribution in [0.4, 0.5) is 10.1 Å². The Labute approximate surface area is 279 Å². The number of hydrogen-bond acceptors (Lipinski definition) is 7. The molecule has 0 aromatic heterocycles. The Morgan fingerprint density at radius 3 is 2.74 bits per heavy atom. The lowest BCUT2D eigenvalue weighted by Gasteiger charge is -2.48. The standard InChI is InChI=1S/C35H40ClFN2O7S/c1-19-20(2)47(43,44)38-34(42)21-6-10-30-29(14-21)39(15-22-5-7-25(22)33(45-16-31(40)41)24-12-23(19)13-24)17-35(18-46-30)11-3-4-26-27(35)8-9-28(36)32(26)37/h6,8-10,12,14,19-20,22-23,25,33H,3-5,7,11,13,15-18H2,1-2H3,(H,38,42)(H,40,41)/t19-,20-,22+,23+,25-,33+,35+/m1/s1. The van der Waals surface area contributed by atoms with E-state index < -0.39 is 45.0 Å². The molecule has 252 valence electrons. The fourth-order valence-corrected chi connectivity index (χ4v) is 9.94. The van der Waals surface area contributed by atoms with Gasteiger partial charge in [-0.3, -0.25) is 4.79 Å². The summed E-state index contributed by atoms with van der Waals surface area (Å²) in [4.78, 5) is 27.3. The number of aliphatic carboxylic acids is 1. The maximum absolute atomic E-state index is 15.4. The van der Waals surface area contributed by atoms with E-state index in [1.54, 1.807) is 31.2 Å². The maximum atomic E-state index is 15.4. The number of carbonyl (C=O) groups is 2. The van der Waals surface area contributed by atoms with Gasteiger partial charge in [0.2, 0.25) is 10.0 Å². The van der Waals surface area contributed by atoms with Gasteiger partial charge in [-0.25, -0.2) is 22.3 Å². The van der Waals surface area contributed by atoms with Gasteiger partial charge in [-0.15, -0.1) is 0 Å². The number of carbonyl (C=O) groups excluding carboxylic acids is 1. The molecule has 0 radical (unpaired) electrons. The minimum Gasteiger partial charge on any atom is -0.490 e. The first-order chi connectivity index (χ1) is 22.4. The molecule has 3 aliphatic carbocycles. The number of rotatable bonds is 3. The van der Waals surface area contributed by atoms with Gasteiger partial charge in [0.05, 0.1) is 28.7 Å². The number of nitrogens with zero attached hydrogens (tertiary/aromatic N) is 1. The molecular weight excluding hydrogens is 647 g/mol. The second-order valence-electron chi connectivity index (χ2n) is 14.1. The zero-order chi connectivity index (χ0) is 33.2. The fraction of sp³-hybridized carbons (Fsp3) is 0.543. The Bertz CT molecular complexity index is 1770. The third-order valence-corrected chi connectivity index (χ3v) is 13.7. The third-order valence-electron chi connectivity index (χ3n) is 11.5. The number of benzene rings is 2. The number of hydrogen-bond donors (Lipinski definition) is 2. The number of carboxylic acids is 1. The summed E-state index contributed by atoms with van der Waals surface area (Å²) >= 11 is 6.21. The molecule has 0 unspecified atom stereocenters. The number of ether oxygens (including phenoxy) is 2. The molecule has 9 nitrogen and oxygen atoms in total. The van der Waals surface area contributed by atoms with Crippen LogP contribution >= 0.6 is 11.6 Å². The van der Waals surface area contributed by atoms with Crippen LogP contribution in [0.1, 0.15) is 67.4 Å². The highest BCUT2D eigenvalue weighted by Gasteiger charge is 2.47. The van der Waals surface area contributed by atoms with Crippen molar-refractivity contribution in [1.82, 2.24) is 4.72 Å². The van der Waals surface area contributed by atoms with E-state index in [9.17, 15) is 23.1 Å². The lowest BCUT2D eigenvalue weighted by molar-refractivity contribution is -0.146. The largest absolute Gasteiger partial charge is 0.490 e. The molecule has 47 heavy (non-hydrogen) atoms. The van der Waals surface area contributed by atoms with Crippen LogP contribution in [0.3, 0.4) is 0 Å². The number of nitrogens with one attached hydrogen (secondary N) is 1. The zero-order valence-corrected chi connectivity index (χ0v) is 28.1. The van der Waals surface area contributed by atoms with Crippen molar-refractivity contribution in [3.8, 4) is 5.75 Å². The Morgan fingerprint density at radius 2 is 2.02 bits per heavy atom. The summed E-state index contributed by atoms with van der Waals surface area (Å²) in [6.45, 7) is 4.42. The number of carboxylic acid groups (broad SMARTS) is 1. The summed E-state index contributed by atoms with van der Waals surface area (Å²) in [6.07, 6.45) is 6.15. The SMILES string of the molecule is C[C@@H]1[C@@H](C)S(=O)(=O)NC(=O)c2ccc3c(c2)N(C[C@@H]2CC[C@H]2[C@@H](OCC(=O)O)C2=C[C@H]1C2)C[C@@]1(CCCc2c1ccc(Cl)c2F)CO3. The van der Waals surface area contributed by atoms with Crippen molar-refractivity contribution < 1.29 is 37.0 Å². The van der Waals surface area contributed by atoms with Gasteiger partial charge in [0.1, 0.15) is 18.2 Å². The minimum absolute atomic E-state index is 0.0391. The lowest BCUT2D eigenvalue weighted by atomic mass is 9.64. The summed E-state index contributed by atoms with van der Waals surface area (Å²) in [5, 5.41) is 8.73. The Morgan fingerprint density at radius 1 is 1.23 bits per heavy atom. The highest BCUT2D eigenvalue weighted by atomic mass is 35.5. The lowest BCUT2D eigenvalue weighted by Crippen LogP contribution is -2.51. The van der Waals surface area contributed by atoms with Crippen molar-refractivity contribution >= 4 is 39.2 Å². The summed E-state index contributed by atoms with van der Waals surface area (Å²) in [5.74, 6) is -1.67. The molecule has 2 N–H and O–H groups in total. The van der Waals surface area contributed by atoms with Crippen molar-refractivity contribution in [2.45, 2.75) is 69.1 Å². The third kappa shape index (κ3) is 5.72. The molecule has 0 saturated heterocycles. The summed E-state index contributed by atoms with van der Waals surface area (Å²) < 4.78 is 57.1. The van der Waals surface area contributed by atoms with Crippen molar-refractivity contribution in [3.05, 3.63) is 69.5 Å². The smallest absolute Gasteiger partial charge is 0.329 e. The second-order valence-corrected chi connectivity index (χ2v) is 16.6. The second kappa shape index (κ2) is 12.1. The predicted molar refractivity (Wildman–Crippen MR) is 175 cm³/mol. The predicted octanol–water partition coefficient (Wildman–Crippen LogP) is 5.49. The number of fused-ring (bicyclic) bond motifs is 6. The first-order valence-corrected chi connectivity index (χ1v) is 18.4. The normalized spacial score (nSPS) is 32.7. The first-order valence-electron chi connectivity index (χ1n) is 16.5. The van der Waals surface area contributed by atoms with Crippen LogP contribution in [0.5, 0.6) is 5.75 Å². The molecule has 2 aromatic rings. The highest BCUT2D eigenvalue weighted by molar-refractivity contribution is 7.90. The van der Waals surface area contributed by atoms with Crippen LogP contribution in [0.15, 0.2) is 42.0 Å². The van der Waals surface area contributed by atoms with E-state index in [1.807, 2.05) is 19.1 Å². The molecule has 1 fully saturated rings. The number of sulfonamides is 1. The van der Waals surface area contributed by atoms with Crippen LogP contribution in [-0.4, -0.2) is 63.1 Å². The molecule has 1 spiro atoms. The van der Waals surface area contributed by atoms with E-state index in [-0.39, 0.29) is 40.4 Å². The number of amides is 1. The van der Waals surface area contributed by atoms with Gasteiger partial charge in [-0.1, -0.05) is 30.7 Å². The number of halogens is 2. The van der Waals surface area contributed by atoms with Crippen LogP contribution in [-0.2, 0) is 31.4 Å². The number of anilines is 1. The van der Waals surface area contributed by atoms with Crippen LogP contribution in [0.2, 0.25) is 5.02 Å². The average molecular weight is 687 g/mol. The van der Waals surface area contributed by atoms with E-state index in [1.165, 1.54) is 0 Å². The van der Waals surface area contributed by atoms with E-state index in [4.69, 9.17) is 21.1 Å². The monoisotopic (exact) mass is 686 g/mol. The van der Waals surface area contributed by atoms with Crippen molar-refractivity contribution in [2.24, 2.45) is 23.7 Å². The van der Waals surface area contributed by atoms with Gasteiger partial charge < -0.3 is 19.5 Å². The van der Waals surface area contributed by atoms with Crippen LogP contribution in [0, 0.1) is 29.5 Å². The summed E-state index contributed by atoms with van der Waals surface area (Å²) in [7, 11) is -4.02. The van der Waals surface area contributed by atoms with Gasteiger partial charge in [0.25, 0.3) is 5.91 Å². The minimum atomic E-state index is -4.02. The van der Waals surface area contributed by atoms with E-state index in [2.05, 4.69) is 9.62 Å². The fourth-order valence-electron chi connectivity index (χ4n) is 8.43. The summed E-state index contributed by atoms with van der Waals surface area (Å²) in [5.41, 5.74) is 2.79. The zero-order valence-electron chi connectivity index (χ0n) is 26.5. The molecule has 4 bridgehead atoms. The van der Waals surface area contributed by atoms with Crippen LogP contribution < -0.4 is 14.4 Å². The van der Waals surface area contributed by atoms with E-state index in [0.29, 0.717) is 49.5 Å². The van der Waals surface area contributed by atoms with Gasteiger partial charge in [-0.2, -0.15) is 0 Å². The Balaban J connectivity index is 1.32. The average Bonchev–Trinajstić information content (AvgIpc) is 3.14. The van der Waals surface area contributed by atoms with E-state index >= 15 is 4.39 Å². The van der Waals surface area contributed by atoms with Gasteiger partial charge in [-0.05, 0) is 110 Å². The summed E-state index contributed by atoms with van der Waals surface area (Å²) in [6, 6.07) is 8.49. The first kappa shape index (κ1) is 32.4. The van der Waals surface area contributed by atoms with Gasteiger partial charge in [0, 0.05) is 24.1 Å². The molecule has 1 amide bonds. The Hall–Kier alpha value is -3.15. The highest BCUT2D eigenvalue weighted by Crippen LogP contribution is 2.50. The molecule has 7 atom stereocenters. The van der Waals surface area contributed by atoms with E-state index in [0.717, 1.165) is 36.8 Å². The van der Waals surface area contributed by atoms with Gasteiger partial charge >= 0.3 is 5.97 Å². The molecule has 12 heteroatoms. The number of allylic oxidation sites excluding steroid dienone is 1. The van der Waals surface area contributed by atoms with Crippen molar-refractivity contribution in [1.29, 1.82) is 0 Å². The molecule has 1 saturated carbocycles. The molecule has 3 aliphatic heterocycles. The maximum Gasteiger partial charge on any atom is 0.329 e. The molecule has 3 heterocycles. The topological polar surface area (TPSA) is 122 Å². The van der Waals surface area contributed by atoms with Crippen molar-refractivity contribution in [2.75, 3.05) is 31.2 Å². The van der Waals surface area contributed by atoms with Gasteiger partial charge in [0.15, 0.2) is 0 Å². The molecule has 8 rings (SSSR count). The molecule has 2 aromatic carbocycles. The quantitative estimate of drug-likeness (QED) is 0.407. The Kier molecular flexibility index (Phi) is 8.32. The van der Waals surface area contributed by atoms with Crippen LogP contribution in [0.25, 0.3) is 0 Å². The molecular formula is C35H40ClFN2O7S. The van der Waals surface area contributed by atoms with Crippen molar-refractivity contribution in [3.63, 3.8) is 0 Å².